The number of nitrogens with two attached hydrogens (primary N) is 1. The van der Waals surface area contributed by atoms with E-state index in [4.69, 9.17) is 10.5 Å². The molecule has 0 aliphatic rings. The van der Waals surface area contributed by atoms with Gasteiger partial charge in [-0.1, -0.05) is 29.8 Å². The zero-order valence-corrected chi connectivity index (χ0v) is 12.4. The van der Waals surface area contributed by atoms with Gasteiger partial charge in [-0.2, -0.15) is 0 Å². The maximum atomic E-state index is 5.69. The summed E-state index contributed by atoms with van der Waals surface area (Å²) in [7, 11) is 3.77. The van der Waals surface area contributed by atoms with Crippen molar-refractivity contribution in [1.29, 1.82) is 0 Å². The molecule has 0 spiro atoms. The van der Waals surface area contributed by atoms with Gasteiger partial charge in [-0.05, 0) is 30.7 Å². The maximum Gasteiger partial charge on any atom is 0.123 e. The summed E-state index contributed by atoms with van der Waals surface area (Å²) < 4.78 is 5.38. The number of hydrogen-bond donors (Lipinski definition) is 1. The standard InChI is InChI=1S/C17H22N2O/c1-13-4-8-16(9-5-13)19(2)12-14-6-7-15(11-18)17(10-14)20-3/h4-10H,11-12,18H2,1-3H3. The molecule has 0 saturated heterocycles. The van der Waals surface area contributed by atoms with E-state index in [2.05, 4.69) is 55.3 Å². The van der Waals surface area contributed by atoms with E-state index in [0.29, 0.717) is 6.54 Å². The molecule has 0 saturated carbocycles. The van der Waals surface area contributed by atoms with Crippen molar-refractivity contribution < 1.29 is 4.74 Å². The molecule has 0 unspecified atom stereocenters. The number of anilines is 1. The molecule has 2 N–H and O–H groups in total. The predicted molar refractivity (Wildman–Crippen MR) is 84.2 cm³/mol. The van der Waals surface area contributed by atoms with Gasteiger partial charge in [-0.3, -0.25) is 0 Å². The summed E-state index contributed by atoms with van der Waals surface area (Å²) in [5, 5.41) is 0. The van der Waals surface area contributed by atoms with E-state index >= 15 is 0 Å². The highest BCUT2D eigenvalue weighted by molar-refractivity contribution is 5.48. The van der Waals surface area contributed by atoms with Gasteiger partial charge in [0.15, 0.2) is 0 Å². The zero-order chi connectivity index (χ0) is 14.5. The largest absolute Gasteiger partial charge is 0.496 e. The summed E-state index contributed by atoms with van der Waals surface area (Å²) in [4.78, 5) is 2.22. The molecule has 0 heterocycles. The Labute approximate surface area is 121 Å². The highest BCUT2D eigenvalue weighted by Crippen LogP contribution is 2.22. The molecule has 2 aromatic rings. The lowest BCUT2D eigenvalue weighted by Crippen LogP contribution is -2.16. The van der Waals surface area contributed by atoms with Crippen LogP contribution in [0.3, 0.4) is 0 Å². The molecule has 2 aromatic carbocycles. The average molecular weight is 270 g/mol. The van der Waals surface area contributed by atoms with E-state index in [1.54, 1.807) is 7.11 Å². The fourth-order valence-electron chi connectivity index (χ4n) is 2.22. The Morgan fingerprint density at radius 2 is 1.80 bits per heavy atom. The minimum absolute atomic E-state index is 0.497. The number of methoxy groups -OCH3 is 1. The lowest BCUT2D eigenvalue weighted by molar-refractivity contribution is 0.409. The third-order valence-corrected chi connectivity index (χ3v) is 3.47. The third-order valence-electron chi connectivity index (χ3n) is 3.47. The molecule has 20 heavy (non-hydrogen) atoms. The number of nitrogens with zero attached hydrogens (tertiary/aromatic N) is 1. The van der Waals surface area contributed by atoms with Crippen LogP contribution in [0.2, 0.25) is 0 Å². The molecule has 0 fully saturated rings. The van der Waals surface area contributed by atoms with E-state index in [1.807, 2.05) is 6.07 Å². The van der Waals surface area contributed by atoms with Gasteiger partial charge in [-0.25, -0.2) is 0 Å². The first-order valence-corrected chi connectivity index (χ1v) is 6.77. The van der Waals surface area contributed by atoms with Gasteiger partial charge < -0.3 is 15.4 Å². The van der Waals surface area contributed by atoms with Crippen LogP contribution in [0, 0.1) is 6.92 Å². The van der Waals surface area contributed by atoms with Crippen molar-refractivity contribution in [3.63, 3.8) is 0 Å². The summed E-state index contributed by atoms with van der Waals surface area (Å²) in [6, 6.07) is 14.7. The number of ether oxygens (including phenoxy) is 1. The van der Waals surface area contributed by atoms with Crippen LogP contribution in [-0.4, -0.2) is 14.2 Å². The van der Waals surface area contributed by atoms with Crippen molar-refractivity contribution in [2.24, 2.45) is 5.73 Å². The van der Waals surface area contributed by atoms with E-state index in [1.165, 1.54) is 16.8 Å². The van der Waals surface area contributed by atoms with Crippen molar-refractivity contribution in [2.45, 2.75) is 20.0 Å². The summed E-state index contributed by atoms with van der Waals surface area (Å²) >= 11 is 0. The first-order chi connectivity index (χ1) is 9.63. The second-order valence-electron chi connectivity index (χ2n) is 5.04. The predicted octanol–water partition coefficient (Wildman–Crippen LogP) is 3.10. The van der Waals surface area contributed by atoms with Gasteiger partial charge in [-0.15, -0.1) is 0 Å². The Kier molecular flexibility index (Phi) is 4.64. The van der Waals surface area contributed by atoms with Crippen LogP contribution in [0.4, 0.5) is 5.69 Å². The molecular formula is C17H22N2O. The van der Waals surface area contributed by atoms with E-state index in [-0.39, 0.29) is 0 Å². The minimum Gasteiger partial charge on any atom is -0.496 e. The molecule has 0 amide bonds. The number of hydrogen-bond acceptors (Lipinski definition) is 3. The van der Waals surface area contributed by atoms with E-state index in [0.717, 1.165) is 17.9 Å². The fourth-order valence-corrected chi connectivity index (χ4v) is 2.22. The van der Waals surface area contributed by atoms with Gasteiger partial charge in [0.1, 0.15) is 5.75 Å². The highest BCUT2D eigenvalue weighted by Gasteiger charge is 2.06. The molecule has 2 rings (SSSR count). The van der Waals surface area contributed by atoms with Crippen LogP contribution in [0.25, 0.3) is 0 Å². The lowest BCUT2D eigenvalue weighted by Gasteiger charge is -2.20. The van der Waals surface area contributed by atoms with Gasteiger partial charge in [0.25, 0.3) is 0 Å². The zero-order valence-electron chi connectivity index (χ0n) is 12.4. The first-order valence-electron chi connectivity index (χ1n) is 6.77. The molecule has 0 atom stereocenters. The molecule has 0 aromatic heterocycles. The topological polar surface area (TPSA) is 38.5 Å². The molecule has 0 aliphatic heterocycles. The molecule has 3 nitrogen and oxygen atoms in total. The summed E-state index contributed by atoms with van der Waals surface area (Å²) in [5.41, 5.74) is 10.4. The summed E-state index contributed by atoms with van der Waals surface area (Å²) in [6.45, 7) is 3.43. The van der Waals surface area contributed by atoms with Crippen LogP contribution < -0.4 is 15.4 Å². The number of rotatable bonds is 5. The smallest absolute Gasteiger partial charge is 0.123 e. The van der Waals surface area contributed by atoms with Gasteiger partial charge in [0, 0.05) is 31.4 Å². The van der Waals surface area contributed by atoms with E-state index < -0.39 is 0 Å². The Morgan fingerprint density at radius 3 is 2.40 bits per heavy atom. The van der Waals surface area contributed by atoms with Crippen LogP contribution in [0.15, 0.2) is 42.5 Å². The van der Waals surface area contributed by atoms with Crippen molar-refractivity contribution in [3.05, 3.63) is 59.2 Å². The normalized spacial score (nSPS) is 10.4. The molecule has 0 bridgehead atoms. The van der Waals surface area contributed by atoms with Crippen LogP contribution in [0.5, 0.6) is 5.75 Å². The Balaban J connectivity index is 2.15. The highest BCUT2D eigenvalue weighted by atomic mass is 16.5. The first kappa shape index (κ1) is 14.4. The van der Waals surface area contributed by atoms with Crippen molar-refractivity contribution in [3.8, 4) is 5.75 Å². The monoisotopic (exact) mass is 270 g/mol. The van der Waals surface area contributed by atoms with Gasteiger partial charge in [0.2, 0.25) is 0 Å². The van der Waals surface area contributed by atoms with Crippen molar-refractivity contribution >= 4 is 5.69 Å². The Morgan fingerprint density at radius 1 is 1.10 bits per heavy atom. The van der Waals surface area contributed by atoms with Crippen LogP contribution in [0.1, 0.15) is 16.7 Å². The Bertz CT molecular complexity index is 564. The maximum absolute atomic E-state index is 5.69. The second kappa shape index (κ2) is 6.44. The van der Waals surface area contributed by atoms with Crippen molar-refractivity contribution in [1.82, 2.24) is 0 Å². The molecule has 0 radical (unpaired) electrons. The van der Waals surface area contributed by atoms with Gasteiger partial charge >= 0.3 is 0 Å². The number of aryl methyl sites for hydroxylation is 1. The summed E-state index contributed by atoms with van der Waals surface area (Å²) in [5.74, 6) is 0.863. The molecule has 0 aliphatic carbocycles. The van der Waals surface area contributed by atoms with Gasteiger partial charge in [0.05, 0.1) is 7.11 Å². The van der Waals surface area contributed by atoms with Crippen molar-refractivity contribution in [2.75, 3.05) is 19.1 Å². The summed E-state index contributed by atoms with van der Waals surface area (Å²) in [6.07, 6.45) is 0. The number of benzene rings is 2. The molecular weight excluding hydrogens is 248 g/mol. The third kappa shape index (κ3) is 3.31. The van der Waals surface area contributed by atoms with Crippen LogP contribution in [-0.2, 0) is 13.1 Å². The quantitative estimate of drug-likeness (QED) is 0.907. The average Bonchev–Trinajstić information content (AvgIpc) is 2.47. The minimum atomic E-state index is 0.497. The lowest BCUT2D eigenvalue weighted by atomic mass is 10.1. The van der Waals surface area contributed by atoms with Crippen LogP contribution >= 0.6 is 0 Å². The van der Waals surface area contributed by atoms with E-state index in [9.17, 15) is 0 Å². The second-order valence-corrected chi connectivity index (χ2v) is 5.04. The Hall–Kier alpha value is -2.00. The molecule has 3 heteroatoms. The molecule has 106 valence electrons. The SMILES string of the molecule is COc1cc(CN(C)c2ccc(C)cc2)ccc1CN. The fraction of sp³-hybridized carbons (Fsp3) is 0.294.